The van der Waals surface area contributed by atoms with Gasteiger partial charge in [-0.05, 0) is 12.1 Å². The molecule has 0 amide bonds. The first-order chi connectivity index (χ1) is 12.5. The van der Waals surface area contributed by atoms with Gasteiger partial charge in [0.25, 0.3) is 0 Å². The fourth-order valence-electron chi connectivity index (χ4n) is 3.17. The Kier molecular flexibility index (Phi) is 3.73. The van der Waals surface area contributed by atoms with Gasteiger partial charge in [0.15, 0.2) is 0 Å². The Balaban J connectivity index is 1.59. The topological polar surface area (TPSA) is 126 Å². The number of amidine groups is 2. The average Bonchev–Trinajstić information content (AvgIpc) is 3.22. The van der Waals surface area contributed by atoms with E-state index in [-0.39, 0.29) is 11.7 Å². The monoisotopic (exact) mass is 346 g/mol. The molecule has 0 atom stereocenters. The Labute approximate surface area is 149 Å². The molecule has 6 nitrogen and oxygen atoms in total. The van der Waals surface area contributed by atoms with Crippen LogP contribution in [0.15, 0.2) is 57.8 Å². The third kappa shape index (κ3) is 2.71. The van der Waals surface area contributed by atoms with Crippen molar-refractivity contribution in [2.24, 2.45) is 11.5 Å². The highest BCUT2D eigenvalue weighted by atomic mass is 16.3. The number of hydrogen-bond donors (Lipinski definition) is 4. The summed E-state index contributed by atoms with van der Waals surface area (Å²) in [7, 11) is 0. The summed E-state index contributed by atoms with van der Waals surface area (Å²) < 4.78 is 11.4. The van der Waals surface area contributed by atoms with E-state index >= 15 is 0 Å². The van der Waals surface area contributed by atoms with Crippen LogP contribution in [0.1, 0.15) is 22.6 Å². The van der Waals surface area contributed by atoms with Crippen molar-refractivity contribution in [1.29, 1.82) is 10.8 Å². The summed E-state index contributed by atoms with van der Waals surface area (Å²) in [5.74, 6) is 1.84. The van der Waals surface area contributed by atoms with E-state index in [4.69, 9.17) is 31.1 Å². The Bertz CT molecular complexity index is 1060. The first-order valence-electron chi connectivity index (χ1n) is 8.22. The van der Waals surface area contributed by atoms with Gasteiger partial charge in [-0.25, -0.2) is 0 Å². The molecule has 0 unspecified atom stereocenters. The van der Waals surface area contributed by atoms with Gasteiger partial charge in [-0.15, -0.1) is 0 Å². The SMILES string of the molecule is N=C(N)c1ccc2c(CCc3occ4cc(C(=N)N)ccc34)occ2c1. The number of fused-ring (bicyclic) bond motifs is 2. The summed E-state index contributed by atoms with van der Waals surface area (Å²) in [6, 6.07) is 11.2. The van der Waals surface area contributed by atoms with Crippen LogP contribution in [0.5, 0.6) is 0 Å². The van der Waals surface area contributed by atoms with Crippen molar-refractivity contribution in [3.05, 3.63) is 71.6 Å². The minimum atomic E-state index is 0.0432. The van der Waals surface area contributed by atoms with Gasteiger partial charge in [0, 0.05) is 45.5 Å². The summed E-state index contributed by atoms with van der Waals surface area (Å²) in [4.78, 5) is 0. The molecule has 4 aromatic rings. The number of rotatable bonds is 5. The van der Waals surface area contributed by atoms with Gasteiger partial charge in [0.2, 0.25) is 0 Å². The molecule has 0 radical (unpaired) electrons. The van der Waals surface area contributed by atoms with Gasteiger partial charge in [0.1, 0.15) is 23.2 Å². The van der Waals surface area contributed by atoms with Crippen LogP contribution >= 0.6 is 0 Å². The van der Waals surface area contributed by atoms with Gasteiger partial charge < -0.3 is 20.3 Å². The number of furan rings is 2. The maximum absolute atomic E-state index is 7.52. The molecule has 2 aromatic heterocycles. The van der Waals surface area contributed by atoms with Crippen molar-refractivity contribution < 1.29 is 8.83 Å². The highest BCUT2D eigenvalue weighted by molar-refractivity contribution is 6.00. The normalized spacial score (nSPS) is 11.2. The Morgan fingerprint density at radius 1 is 0.731 bits per heavy atom. The van der Waals surface area contributed by atoms with Crippen molar-refractivity contribution in [3.63, 3.8) is 0 Å². The van der Waals surface area contributed by atoms with Crippen molar-refractivity contribution in [3.8, 4) is 0 Å². The molecule has 0 spiro atoms. The number of nitrogens with one attached hydrogen (secondary N) is 2. The van der Waals surface area contributed by atoms with Gasteiger partial charge in [0.05, 0.1) is 12.5 Å². The standard InChI is InChI=1S/C20H18N4O2/c21-19(22)11-1-3-15-13(7-11)9-25-17(15)5-6-18-16-4-2-12(20(23)24)8-14(16)10-26-18/h1-4,7-10H,5-6H2,(H3,21,22)(H3,23,24). The molecule has 0 aliphatic heterocycles. The van der Waals surface area contributed by atoms with Crippen LogP contribution in [0.3, 0.4) is 0 Å². The van der Waals surface area contributed by atoms with Gasteiger partial charge in [-0.1, -0.05) is 24.3 Å². The van der Waals surface area contributed by atoms with Gasteiger partial charge in [-0.3, -0.25) is 10.8 Å². The lowest BCUT2D eigenvalue weighted by Crippen LogP contribution is -2.10. The van der Waals surface area contributed by atoms with E-state index in [1.165, 1.54) is 0 Å². The number of aryl methyl sites for hydroxylation is 2. The van der Waals surface area contributed by atoms with Crippen molar-refractivity contribution in [1.82, 2.24) is 0 Å². The molecule has 0 aliphatic rings. The zero-order chi connectivity index (χ0) is 18.3. The lowest BCUT2D eigenvalue weighted by molar-refractivity contribution is 0.481. The predicted octanol–water partition coefficient (Wildman–Crippen LogP) is 3.53. The zero-order valence-corrected chi connectivity index (χ0v) is 14.0. The number of nitrogen functional groups attached to an aromatic ring is 2. The van der Waals surface area contributed by atoms with Crippen LogP contribution in [-0.4, -0.2) is 11.7 Å². The van der Waals surface area contributed by atoms with E-state index < -0.39 is 0 Å². The van der Waals surface area contributed by atoms with Gasteiger partial charge >= 0.3 is 0 Å². The molecular weight excluding hydrogens is 328 g/mol. The molecule has 26 heavy (non-hydrogen) atoms. The van der Waals surface area contributed by atoms with Crippen LogP contribution in [-0.2, 0) is 12.8 Å². The third-order valence-corrected chi connectivity index (χ3v) is 4.56. The molecule has 0 saturated carbocycles. The van der Waals surface area contributed by atoms with Gasteiger partial charge in [-0.2, -0.15) is 0 Å². The average molecular weight is 346 g/mol. The van der Waals surface area contributed by atoms with Crippen molar-refractivity contribution >= 4 is 33.2 Å². The Morgan fingerprint density at radius 3 is 1.54 bits per heavy atom. The molecule has 130 valence electrons. The highest BCUT2D eigenvalue weighted by Crippen LogP contribution is 2.27. The minimum Gasteiger partial charge on any atom is -0.468 e. The van der Waals surface area contributed by atoms with Crippen LogP contribution < -0.4 is 11.5 Å². The molecule has 0 aliphatic carbocycles. The molecule has 6 heteroatoms. The van der Waals surface area contributed by atoms with E-state index in [2.05, 4.69) is 0 Å². The summed E-state index contributed by atoms with van der Waals surface area (Å²) >= 11 is 0. The van der Waals surface area contributed by atoms with E-state index in [1.807, 2.05) is 36.4 Å². The lowest BCUT2D eigenvalue weighted by atomic mass is 10.0. The highest BCUT2D eigenvalue weighted by Gasteiger charge is 2.12. The second kappa shape index (κ2) is 6.07. The van der Waals surface area contributed by atoms with E-state index in [1.54, 1.807) is 12.5 Å². The summed E-state index contributed by atoms with van der Waals surface area (Å²) in [5.41, 5.74) is 12.4. The van der Waals surface area contributed by atoms with Crippen molar-refractivity contribution in [2.45, 2.75) is 12.8 Å². The first kappa shape index (κ1) is 16.0. The minimum absolute atomic E-state index is 0.0432. The largest absolute Gasteiger partial charge is 0.468 e. The molecule has 6 N–H and O–H groups in total. The maximum Gasteiger partial charge on any atom is 0.122 e. The number of benzene rings is 2. The summed E-state index contributed by atoms with van der Waals surface area (Å²) in [6.45, 7) is 0. The fourth-order valence-corrected chi connectivity index (χ4v) is 3.17. The molecule has 2 aromatic carbocycles. The molecule has 0 bridgehead atoms. The smallest absolute Gasteiger partial charge is 0.122 e. The Morgan fingerprint density at radius 2 is 1.15 bits per heavy atom. The van der Waals surface area contributed by atoms with E-state index in [0.29, 0.717) is 24.0 Å². The third-order valence-electron chi connectivity index (χ3n) is 4.56. The predicted molar refractivity (Wildman–Crippen MR) is 102 cm³/mol. The van der Waals surface area contributed by atoms with Crippen LogP contribution in [0, 0.1) is 10.8 Å². The second-order valence-electron chi connectivity index (χ2n) is 6.25. The van der Waals surface area contributed by atoms with Crippen molar-refractivity contribution in [2.75, 3.05) is 0 Å². The lowest BCUT2D eigenvalue weighted by Gasteiger charge is -2.01. The summed E-state index contributed by atoms with van der Waals surface area (Å²) in [6.07, 6.45) is 4.77. The maximum atomic E-state index is 7.52. The quantitative estimate of drug-likeness (QED) is 0.326. The molecule has 4 rings (SSSR count). The summed E-state index contributed by atoms with van der Waals surface area (Å²) in [5, 5.41) is 19.0. The molecule has 2 heterocycles. The van der Waals surface area contributed by atoms with Crippen LogP contribution in [0.25, 0.3) is 21.5 Å². The second-order valence-corrected chi connectivity index (χ2v) is 6.25. The van der Waals surface area contributed by atoms with E-state index in [9.17, 15) is 0 Å². The molecular formula is C20H18N4O2. The Hall–Kier alpha value is -3.54. The number of nitrogens with two attached hydrogens (primary N) is 2. The first-order valence-corrected chi connectivity index (χ1v) is 8.22. The van der Waals surface area contributed by atoms with Crippen LogP contribution in [0.4, 0.5) is 0 Å². The fraction of sp³-hybridized carbons (Fsp3) is 0.100. The number of hydrogen-bond acceptors (Lipinski definition) is 4. The molecule has 0 fully saturated rings. The molecule has 0 saturated heterocycles. The van der Waals surface area contributed by atoms with E-state index in [0.717, 1.165) is 33.1 Å². The van der Waals surface area contributed by atoms with Crippen LogP contribution in [0.2, 0.25) is 0 Å². The zero-order valence-electron chi connectivity index (χ0n) is 14.0.